The van der Waals surface area contributed by atoms with Crippen LogP contribution in [0, 0.1) is 0 Å². The zero-order valence-electron chi connectivity index (χ0n) is 13.4. The second-order valence-corrected chi connectivity index (χ2v) is 5.43. The largest absolute Gasteiger partial charge is 0.344 e. The van der Waals surface area contributed by atoms with Gasteiger partial charge in [0.15, 0.2) is 11.2 Å². The maximum absolute atomic E-state index is 12.5. The summed E-state index contributed by atoms with van der Waals surface area (Å²) in [6, 6.07) is 0. The number of unbranched alkanes of at least 4 members (excludes halogenated alkanes) is 1. The third-order valence-electron chi connectivity index (χ3n) is 3.77. The van der Waals surface area contributed by atoms with Crippen LogP contribution in [0.1, 0.15) is 19.8 Å². The van der Waals surface area contributed by atoms with Crippen molar-refractivity contribution in [1.82, 2.24) is 23.6 Å². The number of carbonyl (C=O) groups excluding carboxylic acids is 1. The van der Waals surface area contributed by atoms with E-state index in [9.17, 15) is 14.4 Å². The highest BCUT2D eigenvalue weighted by Gasteiger charge is 2.18. The van der Waals surface area contributed by atoms with Gasteiger partial charge in [-0.05, 0) is 6.42 Å². The van der Waals surface area contributed by atoms with Crippen LogP contribution in [0.5, 0.6) is 0 Å². The molecule has 8 heteroatoms. The number of carbonyl (C=O) groups is 1. The summed E-state index contributed by atoms with van der Waals surface area (Å²) in [6.45, 7) is 2.39. The molecule has 2 heterocycles. The van der Waals surface area contributed by atoms with E-state index in [1.54, 1.807) is 30.6 Å². The molecule has 0 radical (unpaired) electrons. The Bertz CT molecular complexity index is 814. The topological polar surface area (TPSA) is 82.1 Å². The van der Waals surface area contributed by atoms with Gasteiger partial charge in [-0.2, -0.15) is 0 Å². The molecule has 0 aromatic carbocycles. The van der Waals surface area contributed by atoms with E-state index in [0.29, 0.717) is 17.7 Å². The van der Waals surface area contributed by atoms with Gasteiger partial charge in [0, 0.05) is 27.7 Å². The highest BCUT2D eigenvalue weighted by molar-refractivity contribution is 5.76. The number of aryl methyl sites for hydroxylation is 2. The average molecular weight is 307 g/mol. The maximum Gasteiger partial charge on any atom is 0.332 e. The van der Waals surface area contributed by atoms with Crippen molar-refractivity contribution in [3.63, 3.8) is 0 Å². The zero-order chi connectivity index (χ0) is 16.4. The maximum atomic E-state index is 12.5. The molecule has 0 saturated carbocycles. The summed E-state index contributed by atoms with van der Waals surface area (Å²) in [5, 5.41) is 0. The van der Waals surface area contributed by atoms with Crippen LogP contribution in [0.2, 0.25) is 0 Å². The normalized spacial score (nSPS) is 11.1. The first kappa shape index (κ1) is 16.0. The Hall–Kier alpha value is -2.38. The third-order valence-corrected chi connectivity index (χ3v) is 3.77. The molecular formula is C14H21N5O3. The number of likely N-dealkylation sites (N-methyl/N-ethyl adjacent to an activating group) is 1. The number of hydrogen-bond acceptors (Lipinski definition) is 4. The minimum atomic E-state index is -0.534. The molecule has 0 fully saturated rings. The lowest BCUT2D eigenvalue weighted by molar-refractivity contribution is -0.130. The molecule has 2 aromatic rings. The molecule has 0 N–H and O–H groups in total. The first-order chi connectivity index (χ1) is 10.4. The van der Waals surface area contributed by atoms with E-state index in [-0.39, 0.29) is 12.5 Å². The number of amides is 1. The number of nitrogens with zero attached hydrogens (tertiary/aromatic N) is 5. The van der Waals surface area contributed by atoms with E-state index in [1.165, 1.54) is 10.9 Å². The summed E-state index contributed by atoms with van der Waals surface area (Å²) in [5.74, 6) is -0.255. The molecule has 1 amide bonds. The standard InChI is InChI=1S/C14H21N5O3/c1-5-6-7-16(2)10(20)8-19-13(21)11-12(15-9-17(11)3)18(4)14(19)22/h9H,5-8H2,1-4H3. The van der Waals surface area contributed by atoms with E-state index in [4.69, 9.17) is 0 Å². The van der Waals surface area contributed by atoms with Crippen LogP contribution < -0.4 is 11.2 Å². The fourth-order valence-corrected chi connectivity index (χ4v) is 2.31. The highest BCUT2D eigenvalue weighted by atomic mass is 16.2. The van der Waals surface area contributed by atoms with Crippen LogP contribution in [0.15, 0.2) is 15.9 Å². The predicted molar refractivity (Wildman–Crippen MR) is 82.8 cm³/mol. The van der Waals surface area contributed by atoms with Crippen molar-refractivity contribution >= 4 is 17.1 Å². The Morgan fingerprint density at radius 3 is 2.64 bits per heavy atom. The molecule has 120 valence electrons. The summed E-state index contributed by atoms with van der Waals surface area (Å²) in [6.07, 6.45) is 3.33. The van der Waals surface area contributed by atoms with Crippen LogP contribution in [0.3, 0.4) is 0 Å². The van der Waals surface area contributed by atoms with E-state index in [1.807, 2.05) is 6.92 Å². The van der Waals surface area contributed by atoms with Crippen molar-refractivity contribution in [3.05, 3.63) is 27.2 Å². The Morgan fingerprint density at radius 1 is 1.32 bits per heavy atom. The molecule has 0 aliphatic rings. The summed E-state index contributed by atoms with van der Waals surface area (Å²) in [7, 11) is 4.90. The third kappa shape index (κ3) is 2.68. The second-order valence-electron chi connectivity index (χ2n) is 5.43. The Kier molecular flexibility index (Phi) is 4.48. The van der Waals surface area contributed by atoms with Crippen molar-refractivity contribution in [2.75, 3.05) is 13.6 Å². The molecule has 0 saturated heterocycles. The molecule has 0 spiro atoms. The van der Waals surface area contributed by atoms with Crippen molar-refractivity contribution in [2.24, 2.45) is 14.1 Å². The van der Waals surface area contributed by atoms with E-state index in [2.05, 4.69) is 4.98 Å². The molecule has 0 atom stereocenters. The van der Waals surface area contributed by atoms with Crippen LogP contribution in [-0.2, 0) is 25.4 Å². The highest BCUT2D eigenvalue weighted by Crippen LogP contribution is 2.03. The molecule has 2 aromatic heterocycles. The molecule has 8 nitrogen and oxygen atoms in total. The first-order valence-electron chi connectivity index (χ1n) is 7.23. The smallest absolute Gasteiger partial charge is 0.332 e. The molecular weight excluding hydrogens is 286 g/mol. The molecule has 0 bridgehead atoms. The summed E-state index contributed by atoms with van der Waals surface area (Å²) < 4.78 is 3.81. The van der Waals surface area contributed by atoms with E-state index in [0.717, 1.165) is 17.4 Å². The summed E-state index contributed by atoms with van der Waals surface area (Å²) >= 11 is 0. The Balaban J connectivity index is 2.44. The number of aromatic nitrogens is 4. The zero-order valence-corrected chi connectivity index (χ0v) is 13.4. The predicted octanol–water partition coefficient (Wildman–Crippen LogP) is -0.308. The minimum absolute atomic E-state index is 0.255. The monoisotopic (exact) mass is 307 g/mol. The van der Waals surface area contributed by atoms with Gasteiger partial charge in [-0.1, -0.05) is 13.3 Å². The quantitative estimate of drug-likeness (QED) is 0.759. The van der Waals surface area contributed by atoms with Gasteiger partial charge in [-0.3, -0.25) is 14.2 Å². The lowest BCUT2D eigenvalue weighted by Crippen LogP contribution is -2.44. The minimum Gasteiger partial charge on any atom is -0.344 e. The molecule has 22 heavy (non-hydrogen) atoms. The van der Waals surface area contributed by atoms with Gasteiger partial charge in [0.25, 0.3) is 5.56 Å². The molecule has 0 aliphatic heterocycles. The lowest BCUT2D eigenvalue weighted by Gasteiger charge is -2.17. The second kappa shape index (κ2) is 6.17. The number of fused-ring (bicyclic) bond motifs is 1. The molecule has 0 unspecified atom stereocenters. The number of rotatable bonds is 5. The first-order valence-corrected chi connectivity index (χ1v) is 7.23. The van der Waals surface area contributed by atoms with E-state index >= 15 is 0 Å². The van der Waals surface area contributed by atoms with E-state index < -0.39 is 11.2 Å². The van der Waals surface area contributed by atoms with Gasteiger partial charge >= 0.3 is 5.69 Å². The summed E-state index contributed by atoms with van der Waals surface area (Å²) in [5.41, 5.74) is -0.393. The van der Waals surface area contributed by atoms with Crippen LogP contribution in [-0.4, -0.2) is 43.1 Å². The van der Waals surface area contributed by atoms with Crippen molar-refractivity contribution < 1.29 is 4.79 Å². The van der Waals surface area contributed by atoms with Crippen molar-refractivity contribution in [2.45, 2.75) is 26.3 Å². The fourth-order valence-electron chi connectivity index (χ4n) is 2.31. The van der Waals surface area contributed by atoms with Gasteiger partial charge in [0.1, 0.15) is 6.54 Å². The Labute approximate surface area is 127 Å². The van der Waals surface area contributed by atoms with Gasteiger partial charge < -0.3 is 9.47 Å². The average Bonchev–Trinajstić information content (AvgIpc) is 2.88. The number of imidazole rings is 1. The Morgan fingerprint density at radius 2 is 2.00 bits per heavy atom. The van der Waals surface area contributed by atoms with Gasteiger partial charge in [-0.15, -0.1) is 0 Å². The van der Waals surface area contributed by atoms with Crippen molar-refractivity contribution in [1.29, 1.82) is 0 Å². The van der Waals surface area contributed by atoms with Crippen LogP contribution >= 0.6 is 0 Å². The molecule has 0 aliphatic carbocycles. The summed E-state index contributed by atoms with van der Waals surface area (Å²) in [4.78, 5) is 42.6. The van der Waals surface area contributed by atoms with Crippen molar-refractivity contribution in [3.8, 4) is 0 Å². The number of hydrogen-bond donors (Lipinski definition) is 0. The van der Waals surface area contributed by atoms with Crippen LogP contribution in [0.4, 0.5) is 0 Å². The van der Waals surface area contributed by atoms with Crippen LogP contribution in [0.25, 0.3) is 11.2 Å². The fraction of sp³-hybridized carbons (Fsp3) is 0.571. The van der Waals surface area contributed by atoms with Gasteiger partial charge in [0.2, 0.25) is 5.91 Å². The SMILES string of the molecule is CCCCN(C)C(=O)Cn1c(=O)c2c(ncn2C)n(C)c1=O. The van der Waals surface area contributed by atoms with Gasteiger partial charge in [-0.25, -0.2) is 14.3 Å². The lowest BCUT2D eigenvalue weighted by atomic mass is 10.3. The van der Waals surface area contributed by atoms with Gasteiger partial charge in [0.05, 0.1) is 6.33 Å². The molecule has 2 rings (SSSR count).